The summed E-state index contributed by atoms with van der Waals surface area (Å²) in [6.45, 7) is 5.79. The van der Waals surface area contributed by atoms with Crippen LogP contribution < -0.4 is 10.6 Å². The van der Waals surface area contributed by atoms with Crippen LogP contribution in [0.2, 0.25) is 5.28 Å². The van der Waals surface area contributed by atoms with Crippen molar-refractivity contribution in [2.45, 2.75) is 45.6 Å². The van der Waals surface area contributed by atoms with Gasteiger partial charge in [-0.05, 0) is 31.0 Å². The summed E-state index contributed by atoms with van der Waals surface area (Å²) in [4.78, 5) is 19.4. The summed E-state index contributed by atoms with van der Waals surface area (Å²) in [7, 11) is 0. The quantitative estimate of drug-likeness (QED) is 0.721. The molecule has 0 saturated heterocycles. The highest BCUT2D eigenvalue weighted by Gasteiger charge is 2.26. The monoisotopic (exact) mass is 370 g/mol. The number of benzene rings is 1. The van der Waals surface area contributed by atoms with Crippen LogP contribution in [0.3, 0.4) is 0 Å². The first kappa shape index (κ1) is 19.3. The van der Waals surface area contributed by atoms with Gasteiger partial charge in [-0.15, -0.1) is 0 Å². The third-order valence-electron chi connectivity index (χ3n) is 3.94. The summed E-state index contributed by atoms with van der Waals surface area (Å²) in [5.74, 6) is -1.83. The molecular weight excluding hydrogens is 350 g/mol. The Labute approximate surface area is 150 Å². The third-order valence-corrected chi connectivity index (χ3v) is 4.11. The van der Waals surface area contributed by atoms with Crippen molar-refractivity contribution in [1.29, 1.82) is 0 Å². The molecule has 0 bridgehead atoms. The Hall–Kier alpha value is -2.02. The van der Waals surface area contributed by atoms with Gasteiger partial charge in [-0.2, -0.15) is 0 Å². The van der Waals surface area contributed by atoms with Crippen LogP contribution in [0.5, 0.6) is 0 Å². The molecule has 8 heteroatoms. The SMILES string of the molecule is CCCC[C@](C)(CNC(C)=O)Nc1nc(Cl)nc2cc(F)c(F)cc12. The van der Waals surface area contributed by atoms with Crippen LogP contribution in [0, 0.1) is 11.6 Å². The number of hydrogen-bond donors (Lipinski definition) is 2. The predicted octanol–water partition coefficient (Wildman–Crippen LogP) is 4.06. The Morgan fingerprint density at radius 2 is 1.96 bits per heavy atom. The number of fused-ring (bicyclic) bond motifs is 1. The van der Waals surface area contributed by atoms with Crippen molar-refractivity contribution < 1.29 is 13.6 Å². The lowest BCUT2D eigenvalue weighted by molar-refractivity contribution is -0.119. The van der Waals surface area contributed by atoms with Crippen LogP contribution in [0.25, 0.3) is 10.9 Å². The van der Waals surface area contributed by atoms with E-state index in [0.717, 1.165) is 31.4 Å². The molecule has 5 nitrogen and oxygen atoms in total. The van der Waals surface area contributed by atoms with Gasteiger partial charge in [-0.3, -0.25) is 4.79 Å². The molecule has 0 radical (unpaired) electrons. The second kappa shape index (κ2) is 7.91. The van der Waals surface area contributed by atoms with Gasteiger partial charge in [0.1, 0.15) is 5.82 Å². The molecule has 0 saturated carbocycles. The van der Waals surface area contributed by atoms with Gasteiger partial charge in [0.15, 0.2) is 11.6 Å². The number of rotatable bonds is 7. The lowest BCUT2D eigenvalue weighted by atomic mass is 9.94. The maximum Gasteiger partial charge on any atom is 0.224 e. The first-order valence-electron chi connectivity index (χ1n) is 8.09. The van der Waals surface area contributed by atoms with Gasteiger partial charge in [0, 0.05) is 24.9 Å². The zero-order valence-electron chi connectivity index (χ0n) is 14.4. The molecular formula is C17H21ClF2N4O. The van der Waals surface area contributed by atoms with Crippen LogP contribution in [0.4, 0.5) is 14.6 Å². The van der Waals surface area contributed by atoms with Crippen molar-refractivity contribution in [3.05, 3.63) is 29.1 Å². The van der Waals surface area contributed by atoms with Gasteiger partial charge in [0.2, 0.25) is 11.2 Å². The fourth-order valence-electron chi connectivity index (χ4n) is 2.56. The molecule has 0 aliphatic carbocycles. The molecule has 1 aromatic heterocycles. The Kier molecular flexibility index (Phi) is 6.11. The van der Waals surface area contributed by atoms with Crippen LogP contribution in [-0.2, 0) is 4.79 Å². The van der Waals surface area contributed by atoms with E-state index in [1.165, 1.54) is 6.92 Å². The lowest BCUT2D eigenvalue weighted by Gasteiger charge is -2.32. The van der Waals surface area contributed by atoms with E-state index in [1.807, 2.05) is 6.92 Å². The molecule has 2 N–H and O–H groups in total. The molecule has 0 aliphatic rings. The number of hydrogen-bond acceptors (Lipinski definition) is 4. The molecule has 2 aromatic rings. The standard InChI is InChI=1S/C17H21ClF2N4O/c1-4-5-6-17(3,9-21-10(2)25)24-15-11-7-12(19)13(20)8-14(11)22-16(18)23-15/h7-8H,4-6,9H2,1-3H3,(H,21,25)(H,22,23,24)/t17-/m1/s1. The Bertz CT molecular complexity index is 787. The summed E-state index contributed by atoms with van der Waals surface area (Å²) < 4.78 is 27.2. The number of nitrogens with zero attached hydrogens (tertiary/aromatic N) is 2. The average Bonchev–Trinajstić information content (AvgIpc) is 2.53. The highest BCUT2D eigenvalue weighted by molar-refractivity contribution is 6.28. The van der Waals surface area contributed by atoms with E-state index in [2.05, 4.69) is 27.5 Å². The maximum absolute atomic E-state index is 13.7. The van der Waals surface area contributed by atoms with E-state index in [0.29, 0.717) is 17.7 Å². The van der Waals surface area contributed by atoms with E-state index < -0.39 is 17.2 Å². The highest BCUT2D eigenvalue weighted by Crippen LogP contribution is 2.28. The first-order valence-corrected chi connectivity index (χ1v) is 8.47. The third kappa shape index (κ3) is 4.98. The topological polar surface area (TPSA) is 66.9 Å². The number of amides is 1. The van der Waals surface area contributed by atoms with Crippen molar-refractivity contribution in [3.8, 4) is 0 Å². The molecule has 0 unspecified atom stereocenters. The molecule has 0 aliphatic heterocycles. The number of anilines is 1. The predicted molar refractivity (Wildman–Crippen MR) is 94.7 cm³/mol. The minimum Gasteiger partial charge on any atom is -0.362 e. The summed E-state index contributed by atoms with van der Waals surface area (Å²) in [6.07, 6.45) is 2.64. The number of aromatic nitrogens is 2. The molecule has 2 rings (SSSR count). The van der Waals surface area contributed by atoms with Crippen LogP contribution >= 0.6 is 11.6 Å². The lowest BCUT2D eigenvalue weighted by Crippen LogP contribution is -2.46. The van der Waals surface area contributed by atoms with Crippen molar-refractivity contribution in [2.75, 3.05) is 11.9 Å². The van der Waals surface area contributed by atoms with Crippen LogP contribution in [0.1, 0.15) is 40.0 Å². The van der Waals surface area contributed by atoms with Crippen molar-refractivity contribution in [3.63, 3.8) is 0 Å². The second-order valence-corrected chi connectivity index (χ2v) is 6.66. The van der Waals surface area contributed by atoms with Gasteiger partial charge < -0.3 is 10.6 Å². The molecule has 0 spiro atoms. The van der Waals surface area contributed by atoms with Gasteiger partial charge in [-0.1, -0.05) is 19.8 Å². The largest absolute Gasteiger partial charge is 0.362 e. The minimum atomic E-state index is -1.000. The normalized spacial score (nSPS) is 13.5. The summed E-state index contributed by atoms with van der Waals surface area (Å²) >= 11 is 5.93. The first-order chi connectivity index (χ1) is 11.7. The molecule has 136 valence electrons. The fraction of sp³-hybridized carbons (Fsp3) is 0.471. The van der Waals surface area contributed by atoms with E-state index in [-0.39, 0.29) is 16.7 Å². The summed E-state index contributed by atoms with van der Waals surface area (Å²) in [6, 6.07) is 2.03. The van der Waals surface area contributed by atoms with E-state index in [9.17, 15) is 13.6 Å². The van der Waals surface area contributed by atoms with E-state index in [4.69, 9.17) is 11.6 Å². The van der Waals surface area contributed by atoms with Gasteiger partial charge in [-0.25, -0.2) is 18.7 Å². The molecule has 0 fully saturated rings. The molecule has 1 atom stereocenters. The molecule has 1 heterocycles. The Morgan fingerprint density at radius 3 is 2.60 bits per heavy atom. The zero-order chi connectivity index (χ0) is 18.6. The molecule has 1 aromatic carbocycles. The number of carbonyl (C=O) groups is 1. The maximum atomic E-state index is 13.7. The highest BCUT2D eigenvalue weighted by atomic mass is 35.5. The van der Waals surface area contributed by atoms with Crippen molar-refractivity contribution in [1.82, 2.24) is 15.3 Å². The van der Waals surface area contributed by atoms with Crippen LogP contribution in [-0.4, -0.2) is 28.0 Å². The van der Waals surface area contributed by atoms with E-state index >= 15 is 0 Å². The summed E-state index contributed by atoms with van der Waals surface area (Å²) in [5.41, 5.74) is -0.323. The van der Waals surface area contributed by atoms with Crippen molar-refractivity contribution in [2.24, 2.45) is 0 Å². The second-order valence-electron chi connectivity index (χ2n) is 6.32. The Balaban J connectivity index is 2.43. The van der Waals surface area contributed by atoms with Gasteiger partial charge in [0.25, 0.3) is 0 Å². The minimum absolute atomic E-state index is 0.0709. The summed E-state index contributed by atoms with van der Waals surface area (Å²) in [5, 5.41) is 6.28. The smallest absolute Gasteiger partial charge is 0.224 e. The van der Waals surface area contributed by atoms with Crippen LogP contribution in [0.15, 0.2) is 12.1 Å². The Morgan fingerprint density at radius 1 is 1.28 bits per heavy atom. The fourth-order valence-corrected chi connectivity index (χ4v) is 2.73. The molecule has 1 amide bonds. The molecule has 25 heavy (non-hydrogen) atoms. The van der Waals surface area contributed by atoms with E-state index in [1.54, 1.807) is 0 Å². The average molecular weight is 371 g/mol. The number of carbonyl (C=O) groups excluding carboxylic acids is 1. The van der Waals surface area contributed by atoms with Crippen molar-refractivity contribution >= 4 is 34.2 Å². The number of nitrogens with one attached hydrogen (secondary N) is 2. The number of halogens is 3. The van der Waals surface area contributed by atoms with Gasteiger partial charge in [0.05, 0.1) is 11.1 Å². The zero-order valence-corrected chi connectivity index (χ0v) is 15.2. The number of unbranched alkanes of at least 4 members (excludes halogenated alkanes) is 1. The van der Waals surface area contributed by atoms with Gasteiger partial charge >= 0.3 is 0 Å².